The van der Waals surface area contributed by atoms with Crippen LogP contribution >= 0.6 is 22.9 Å². The number of thiazole rings is 1. The zero-order valence-electron chi connectivity index (χ0n) is 19.5. The number of amides is 1. The summed E-state index contributed by atoms with van der Waals surface area (Å²) < 4.78 is 2.59. The summed E-state index contributed by atoms with van der Waals surface area (Å²) in [6.45, 7) is 2.59. The smallest absolute Gasteiger partial charge is 0.261 e. The molecule has 2 aromatic heterocycles. The largest absolute Gasteiger partial charge is 0.380 e. The highest BCUT2D eigenvalue weighted by Crippen LogP contribution is 2.27. The van der Waals surface area contributed by atoms with Crippen LogP contribution in [0.25, 0.3) is 10.2 Å². The molecule has 0 atom stereocenters. The highest BCUT2D eigenvalue weighted by atomic mass is 35.5. The molecule has 0 spiro atoms. The molecule has 0 radical (unpaired) electrons. The number of benzene rings is 3. The van der Waals surface area contributed by atoms with Gasteiger partial charge in [0, 0.05) is 23.3 Å². The SMILES string of the molecule is Cc1c(C(=O)Nc2nc3ccccc3s2)c(NCc2ccccc2)cc(=O)n1Cc1ccc(Cl)cc1. The topological polar surface area (TPSA) is 76.0 Å². The summed E-state index contributed by atoms with van der Waals surface area (Å²) >= 11 is 7.43. The highest BCUT2D eigenvalue weighted by molar-refractivity contribution is 7.22. The second-order valence-corrected chi connectivity index (χ2v) is 9.82. The van der Waals surface area contributed by atoms with Crippen molar-refractivity contribution in [3.63, 3.8) is 0 Å². The van der Waals surface area contributed by atoms with E-state index < -0.39 is 0 Å². The Bertz CT molecular complexity index is 1560. The fraction of sp³-hybridized carbons (Fsp3) is 0.107. The number of halogens is 1. The third kappa shape index (κ3) is 5.17. The van der Waals surface area contributed by atoms with Gasteiger partial charge in [-0.1, -0.05) is 77.5 Å². The molecule has 5 aromatic rings. The lowest BCUT2D eigenvalue weighted by Crippen LogP contribution is -2.28. The molecule has 3 aromatic carbocycles. The van der Waals surface area contributed by atoms with Crippen LogP contribution in [0.2, 0.25) is 5.02 Å². The van der Waals surface area contributed by atoms with Gasteiger partial charge in [0.25, 0.3) is 11.5 Å². The maximum Gasteiger partial charge on any atom is 0.261 e. The summed E-state index contributed by atoms with van der Waals surface area (Å²) in [4.78, 5) is 31.3. The van der Waals surface area contributed by atoms with E-state index in [2.05, 4.69) is 15.6 Å². The number of fused-ring (bicyclic) bond motifs is 1. The molecule has 0 aliphatic carbocycles. The second-order valence-electron chi connectivity index (χ2n) is 8.35. The molecule has 0 aliphatic rings. The Kier molecular flexibility index (Phi) is 6.84. The number of pyridine rings is 1. The molecule has 0 unspecified atom stereocenters. The van der Waals surface area contributed by atoms with E-state index >= 15 is 0 Å². The zero-order valence-corrected chi connectivity index (χ0v) is 21.1. The Labute approximate surface area is 217 Å². The molecule has 0 saturated carbocycles. The first kappa shape index (κ1) is 23.8. The Morgan fingerprint density at radius 3 is 2.44 bits per heavy atom. The number of para-hydroxylation sites is 1. The Morgan fingerprint density at radius 2 is 1.69 bits per heavy atom. The van der Waals surface area contributed by atoms with E-state index in [9.17, 15) is 9.59 Å². The fourth-order valence-electron chi connectivity index (χ4n) is 4.04. The summed E-state index contributed by atoms with van der Waals surface area (Å²) in [6, 6.07) is 26.4. The number of hydrogen-bond donors (Lipinski definition) is 2. The number of nitrogens with one attached hydrogen (secondary N) is 2. The summed E-state index contributed by atoms with van der Waals surface area (Å²) in [5.41, 5.74) is 4.02. The molecule has 1 amide bonds. The third-order valence-electron chi connectivity index (χ3n) is 5.89. The third-order valence-corrected chi connectivity index (χ3v) is 7.09. The average molecular weight is 515 g/mol. The first-order chi connectivity index (χ1) is 17.5. The van der Waals surface area contributed by atoms with E-state index in [1.807, 2.05) is 66.7 Å². The van der Waals surface area contributed by atoms with Crippen molar-refractivity contribution in [2.45, 2.75) is 20.0 Å². The van der Waals surface area contributed by atoms with Crippen molar-refractivity contribution in [1.82, 2.24) is 9.55 Å². The lowest BCUT2D eigenvalue weighted by atomic mass is 10.1. The van der Waals surface area contributed by atoms with Crippen molar-refractivity contribution in [2.75, 3.05) is 10.6 Å². The number of anilines is 2. The maximum absolute atomic E-state index is 13.6. The van der Waals surface area contributed by atoms with Gasteiger partial charge >= 0.3 is 0 Å². The van der Waals surface area contributed by atoms with E-state index in [0.717, 1.165) is 21.3 Å². The molecular formula is C28H23ClN4O2S. The predicted octanol–water partition coefficient (Wildman–Crippen LogP) is 6.33. The van der Waals surface area contributed by atoms with Crippen molar-refractivity contribution in [2.24, 2.45) is 0 Å². The van der Waals surface area contributed by atoms with Crippen LogP contribution in [0, 0.1) is 6.92 Å². The number of rotatable bonds is 7. The van der Waals surface area contributed by atoms with Crippen molar-refractivity contribution < 1.29 is 4.79 Å². The molecule has 2 heterocycles. The standard InChI is InChI=1S/C28H23ClN4O2S/c1-18-26(27(35)32-28-31-22-9-5-6-10-24(22)36-28)23(30-16-19-7-3-2-4-8-19)15-25(34)33(18)17-20-11-13-21(29)14-12-20/h2-15,30H,16-17H2,1H3,(H,31,32,35). The number of nitrogens with zero attached hydrogens (tertiary/aromatic N) is 2. The van der Waals surface area contributed by atoms with Crippen LogP contribution in [0.3, 0.4) is 0 Å². The van der Waals surface area contributed by atoms with Gasteiger partial charge in [-0.15, -0.1) is 0 Å². The minimum atomic E-state index is -0.327. The Hall–Kier alpha value is -3.94. The summed E-state index contributed by atoms with van der Waals surface area (Å²) in [6.07, 6.45) is 0. The molecule has 180 valence electrons. The van der Waals surface area contributed by atoms with Crippen LogP contribution in [0.15, 0.2) is 89.7 Å². The molecule has 36 heavy (non-hydrogen) atoms. The van der Waals surface area contributed by atoms with Crippen molar-refractivity contribution in [3.05, 3.63) is 123 Å². The van der Waals surface area contributed by atoms with Crippen molar-refractivity contribution in [3.8, 4) is 0 Å². The van der Waals surface area contributed by atoms with E-state index in [-0.39, 0.29) is 11.5 Å². The minimum Gasteiger partial charge on any atom is -0.380 e. The van der Waals surface area contributed by atoms with Gasteiger partial charge in [-0.25, -0.2) is 4.98 Å². The van der Waals surface area contributed by atoms with Gasteiger partial charge in [-0.05, 0) is 42.3 Å². The average Bonchev–Trinajstić information content (AvgIpc) is 3.29. The lowest BCUT2D eigenvalue weighted by molar-refractivity contribution is 0.102. The molecule has 8 heteroatoms. The van der Waals surface area contributed by atoms with Gasteiger partial charge in [0.15, 0.2) is 5.13 Å². The molecule has 5 rings (SSSR count). The number of carbonyl (C=O) groups is 1. The monoisotopic (exact) mass is 514 g/mol. The molecule has 0 saturated heterocycles. The van der Waals surface area contributed by atoms with Gasteiger partial charge in [-0.2, -0.15) is 0 Å². The van der Waals surface area contributed by atoms with Crippen molar-refractivity contribution >= 4 is 49.9 Å². The molecule has 2 N–H and O–H groups in total. The van der Waals surface area contributed by atoms with Crippen LogP contribution in [-0.2, 0) is 13.1 Å². The maximum atomic E-state index is 13.6. The van der Waals surface area contributed by atoms with Gasteiger partial charge in [0.05, 0.1) is 28.0 Å². The normalized spacial score (nSPS) is 10.9. The van der Waals surface area contributed by atoms with E-state index in [1.54, 1.807) is 23.6 Å². The van der Waals surface area contributed by atoms with Crippen LogP contribution in [0.4, 0.5) is 10.8 Å². The quantitative estimate of drug-likeness (QED) is 0.266. The number of hydrogen-bond acceptors (Lipinski definition) is 5. The summed E-state index contributed by atoms with van der Waals surface area (Å²) in [7, 11) is 0. The second kappa shape index (κ2) is 10.4. The van der Waals surface area contributed by atoms with Gasteiger partial charge in [0.2, 0.25) is 0 Å². The van der Waals surface area contributed by atoms with E-state index in [4.69, 9.17) is 11.6 Å². The van der Waals surface area contributed by atoms with Crippen LogP contribution in [0.1, 0.15) is 27.2 Å². The first-order valence-electron chi connectivity index (χ1n) is 11.4. The van der Waals surface area contributed by atoms with Crippen LogP contribution in [0.5, 0.6) is 0 Å². The van der Waals surface area contributed by atoms with Crippen LogP contribution in [-0.4, -0.2) is 15.5 Å². The summed E-state index contributed by atoms with van der Waals surface area (Å²) in [5.74, 6) is -0.327. The van der Waals surface area contributed by atoms with Gasteiger partial charge in [0.1, 0.15) is 0 Å². The first-order valence-corrected chi connectivity index (χ1v) is 12.6. The zero-order chi connectivity index (χ0) is 25.1. The fourth-order valence-corrected chi connectivity index (χ4v) is 5.03. The molecule has 0 aliphatic heterocycles. The van der Waals surface area contributed by atoms with Crippen LogP contribution < -0.4 is 16.2 Å². The highest BCUT2D eigenvalue weighted by Gasteiger charge is 2.21. The predicted molar refractivity (Wildman–Crippen MR) is 147 cm³/mol. The number of carbonyl (C=O) groups excluding carboxylic acids is 1. The molecule has 6 nitrogen and oxygen atoms in total. The van der Waals surface area contributed by atoms with Gasteiger partial charge < -0.3 is 9.88 Å². The Balaban J connectivity index is 1.52. The van der Waals surface area contributed by atoms with Crippen molar-refractivity contribution in [1.29, 1.82) is 0 Å². The molecule has 0 bridgehead atoms. The van der Waals surface area contributed by atoms with E-state index in [1.165, 1.54) is 17.4 Å². The molecule has 0 fully saturated rings. The van der Waals surface area contributed by atoms with E-state index in [0.29, 0.717) is 40.2 Å². The number of aromatic nitrogens is 2. The summed E-state index contributed by atoms with van der Waals surface area (Å²) in [5, 5.41) is 7.36. The lowest BCUT2D eigenvalue weighted by Gasteiger charge is -2.18. The van der Waals surface area contributed by atoms with Gasteiger partial charge in [-0.3, -0.25) is 14.9 Å². The molecular weight excluding hydrogens is 492 g/mol. The Morgan fingerprint density at radius 1 is 0.972 bits per heavy atom. The minimum absolute atomic E-state index is 0.199.